The monoisotopic (exact) mass is 622 g/mol. The lowest BCUT2D eigenvalue weighted by atomic mass is 9.75. The zero-order chi connectivity index (χ0) is 25.5. The molecule has 0 radical (unpaired) electrons. The summed E-state index contributed by atoms with van der Waals surface area (Å²) in [4.78, 5) is 0. The predicted octanol–water partition coefficient (Wildman–Crippen LogP) is 9.38. The number of hydrogen-bond donors (Lipinski definition) is 0. The minimum Gasteiger partial charge on any atom is -0.200 e. The van der Waals surface area contributed by atoms with Crippen molar-refractivity contribution in [2.75, 3.05) is 0 Å². The molecular weight excluding hydrogens is 607 g/mol. The van der Waals surface area contributed by atoms with Gasteiger partial charge in [0.25, 0.3) is 0 Å². The van der Waals surface area contributed by atoms with Crippen LogP contribution in [0.1, 0.15) is 37.3 Å². The molecule has 2 atom stereocenters. The first-order chi connectivity index (χ1) is 15.4. The van der Waals surface area contributed by atoms with Gasteiger partial charge in [0, 0.05) is 20.8 Å². The Bertz CT molecular complexity index is 1070. The molecule has 2 aliphatic rings. The maximum atomic E-state index is 14.5. The highest BCUT2D eigenvalue weighted by atomic mass is 79.9. The van der Waals surface area contributed by atoms with Crippen molar-refractivity contribution in [3.63, 3.8) is 0 Å². The molecule has 0 N–H and O–H groups in total. The second-order valence-corrected chi connectivity index (χ2v) is 11.0. The smallest absolute Gasteiger partial charge is 0.200 e. The predicted molar refractivity (Wildman–Crippen MR) is 115 cm³/mol. The van der Waals surface area contributed by atoms with Gasteiger partial charge in [-0.3, -0.25) is 0 Å². The number of halogens is 11. The Labute approximate surface area is 206 Å². The Kier molecular flexibility index (Phi) is 5.99. The maximum absolute atomic E-state index is 14.5. The summed E-state index contributed by atoms with van der Waals surface area (Å²) < 4.78 is 123. The number of rotatable bonds is 4. The van der Waals surface area contributed by atoms with Crippen LogP contribution in [0.4, 0.5) is 39.5 Å². The van der Waals surface area contributed by atoms with Gasteiger partial charge in [-0.05, 0) is 71.2 Å². The number of alkyl halides is 9. The SMILES string of the molecule is C[C@@H]1CC2(C[C@@H]1CC(F)(F)C(F)(F)C(F)(F)C(F)(F)F)c1cc(Br)ccc1-c1ccc(Br)cc12. The van der Waals surface area contributed by atoms with Crippen LogP contribution in [0.2, 0.25) is 0 Å². The minimum atomic E-state index is -6.87. The van der Waals surface area contributed by atoms with E-state index in [1.807, 2.05) is 24.3 Å². The van der Waals surface area contributed by atoms with Crippen LogP contribution in [0.15, 0.2) is 45.3 Å². The van der Waals surface area contributed by atoms with Gasteiger partial charge in [-0.2, -0.15) is 39.5 Å². The largest absolute Gasteiger partial charge is 0.460 e. The second-order valence-electron chi connectivity index (χ2n) is 9.16. The fraction of sp³-hybridized carbons (Fsp3) is 0.478. The summed E-state index contributed by atoms with van der Waals surface area (Å²) in [6, 6.07) is 10.9. The van der Waals surface area contributed by atoms with Crippen molar-refractivity contribution < 1.29 is 39.5 Å². The highest BCUT2D eigenvalue weighted by molar-refractivity contribution is 9.10. The molecule has 2 aromatic carbocycles. The zero-order valence-corrected chi connectivity index (χ0v) is 20.6. The van der Waals surface area contributed by atoms with E-state index in [-0.39, 0.29) is 12.8 Å². The Morgan fingerprint density at radius 1 is 0.765 bits per heavy atom. The van der Waals surface area contributed by atoms with Gasteiger partial charge in [0.1, 0.15) is 0 Å². The molecule has 0 saturated heterocycles. The summed E-state index contributed by atoms with van der Waals surface area (Å²) in [5.41, 5.74) is 2.36. The van der Waals surface area contributed by atoms with E-state index in [4.69, 9.17) is 0 Å². The molecule has 0 amide bonds. The van der Waals surface area contributed by atoms with Gasteiger partial charge >= 0.3 is 23.9 Å². The van der Waals surface area contributed by atoms with Gasteiger partial charge in [0.2, 0.25) is 0 Å². The van der Waals surface area contributed by atoms with E-state index in [0.717, 1.165) is 22.3 Å². The van der Waals surface area contributed by atoms with E-state index in [0.29, 0.717) is 8.95 Å². The maximum Gasteiger partial charge on any atom is 0.460 e. The first-order valence-corrected chi connectivity index (χ1v) is 11.8. The van der Waals surface area contributed by atoms with E-state index in [1.165, 1.54) is 6.92 Å². The molecule has 2 aromatic rings. The van der Waals surface area contributed by atoms with Crippen molar-refractivity contribution in [2.24, 2.45) is 11.8 Å². The number of fused-ring (bicyclic) bond motifs is 5. The van der Waals surface area contributed by atoms with Crippen LogP contribution >= 0.6 is 31.9 Å². The van der Waals surface area contributed by atoms with E-state index in [9.17, 15) is 39.5 Å². The van der Waals surface area contributed by atoms with Gasteiger partial charge in [-0.25, -0.2) is 0 Å². The third kappa shape index (κ3) is 3.62. The Hall–Kier alpha value is -1.23. The standard InChI is InChI=1S/C23H17Br2F9/c1-11-8-19(9-12(11)10-20(26,27)21(28,29)22(30,31)23(32,33)34)17-6-13(24)2-4-15(17)16-5-3-14(25)7-18(16)19/h2-7,11-12H,8-10H2,1H3/t11-,12-/m1/s1. The summed E-state index contributed by atoms with van der Waals surface area (Å²) in [6.07, 6.45) is -8.45. The van der Waals surface area contributed by atoms with E-state index >= 15 is 0 Å². The summed E-state index contributed by atoms with van der Waals surface area (Å²) >= 11 is 6.76. The lowest BCUT2D eigenvalue weighted by Gasteiger charge is -2.35. The summed E-state index contributed by atoms with van der Waals surface area (Å²) in [5, 5.41) is 0. The molecule has 4 rings (SSSR count). The summed E-state index contributed by atoms with van der Waals surface area (Å²) in [5.74, 6) is -20.9. The Morgan fingerprint density at radius 3 is 1.68 bits per heavy atom. The highest BCUT2D eigenvalue weighted by Gasteiger charge is 2.81. The third-order valence-electron chi connectivity index (χ3n) is 7.10. The highest BCUT2D eigenvalue weighted by Crippen LogP contribution is 2.63. The van der Waals surface area contributed by atoms with Gasteiger partial charge in [0.05, 0.1) is 0 Å². The molecule has 2 aliphatic carbocycles. The molecule has 1 fully saturated rings. The lowest BCUT2D eigenvalue weighted by Crippen LogP contribution is -2.61. The fourth-order valence-electron chi connectivity index (χ4n) is 5.47. The van der Waals surface area contributed by atoms with Crippen molar-refractivity contribution in [1.29, 1.82) is 0 Å². The van der Waals surface area contributed by atoms with Crippen LogP contribution in [-0.4, -0.2) is 23.9 Å². The van der Waals surface area contributed by atoms with E-state index < -0.39 is 47.6 Å². The molecule has 1 saturated carbocycles. The second kappa shape index (κ2) is 7.88. The van der Waals surface area contributed by atoms with Crippen LogP contribution < -0.4 is 0 Å². The Morgan fingerprint density at radius 2 is 1.24 bits per heavy atom. The van der Waals surface area contributed by atoms with Crippen LogP contribution in [0.5, 0.6) is 0 Å². The van der Waals surface area contributed by atoms with Crippen LogP contribution in [-0.2, 0) is 5.41 Å². The minimum absolute atomic E-state index is 0.0929. The quantitative estimate of drug-likeness (QED) is 0.298. The zero-order valence-electron chi connectivity index (χ0n) is 17.4. The molecular formula is C23H17Br2F9. The van der Waals surface area contributed by atoms with Crippen molar-refractivity contribution in [3.05, 3.63) is 56.5 Å². The van der Waals surface area contributed by atoms with Crippen LogP contribution in [0, 0.1) is 11.8 Å². The molecule has 0 bridgehead atoms. The third-order valence-corrected chi connectivity index (χ3v) is 8.09. The molecule has 34 heavy (non-hydrogen) atoms. The van der Waals surface area contributed by atoms with Gasteiger partial charge in [-0.15, -0.1) is 0 Å². The lowest BCUT2D eigenvalue weighted by molar-refractivity contribution is -0.398. The molecule has 0 unspecified atom stereocenters. The average Bonchev–Trinajstić information content (AvgIpc) is 3.15. The normalized spacial score (nSPS) is 22.2. The first-order valence-electron chi connectivity index (χ1n) is 10.3. The van der Waals surface area contributed by atoms with Crippen LogP contribution in [0.3, 0.4) is 0 Å². The van der Waals surface area contributed by atoms with E-state index in [2.05, 4.69) is 31.9 Å². The van der Waals surface area contributed by atoms with Crippen LogP contribution in [0.25, 0.3) is 11.1 Å². The number of hydrogen-bond acceptors (Lipinski definition) is 0. The van der Waals surface area contributed by atoms with Crippen molar-refractivity contribution >= 4 is 31.9 Å². The van der Waals surface area contributed by atoms with Crippen molar-refractivity contribution in [1.82, 2.24) is 0 Å². The average molecular weight is 624 g/mol. The molecule has 1 spiro atoms. The first kappa shape index (κ1) is 25.9. The molecule has 186 valence electrons. The van der Waals surface area contributed by atoms with E-state index in [1.54, 1.807) is 12.1 Å². The molecule has 0 heterocycles. The molecule has 11 heteroatoms. The van der Waals surface area contributed by atoms with Crippen molar-refractivity contribution in [2.45, 2.75) is 55.5 Å². The molecule has 0 aliphatic heterocycles. The molecule has 0 aromatic heterocycles. The molecule has 0 nitrogen and oxygen atoms in total. The number of benzene rings is 2. The van der Waals surface area contributed by atoms with Crippen molar-refractivity contribution in [3.8, 4) is 11.1 Å². The topological polar surface area (TPSA) is 0 Å². The fourth-order valence-corrected chi connectivity index (χ4v) is 6.19. The Balaban J connectivity index is 1.74. The summed E-state index contributed by atoms with van der Waals surface area (Å²) in [6.45, 7) is 1.53. The summed E-state index contributed by atoms with van der Waals surface area (Å²) in [7, 11) is 0. The van der Waals surface area contributed by atoms with Gasteiger partial charge < -0.3 is 0 Å². The van der Waals surface area contributed by atoms with Gasteiger partial charge in [-0.1, -0.05) is 50.9 Å². The van der Waals surface area contributed by atoms with Gasteiger partial charge in [0.15, 0.2) is 0 Å².